The van der Waals surface area contributed by atoms with Gasteiger partial charge in [0.05, 0.1) is 22.8 Å². The standard InChI is InChI=1S/C23H17F3N8O3/c1-2-34-17-9-18(29-11-16(17)31-21(34)19-20(27)33-37-32-19)36-13-5-3-4-12(8-13)30-22(35)14-10-28-7-6-15(14)23(24,25)26/h3-11H,2H2,1H3,(H2,27,33)(H,30,35). The molecule has 5 rings (SSSR count). The molecule has 0 aliphatic heterocycles. The summed E-state index contributed by atoms with van der Waals surface area (Å²) in [7, 11) is 0. The third-order valence-corrected chi connectivity index (χ3v) is 5.34. The van der Waals surface area contributed by atoms with Gasteiger partial charge in [-0.1, -0.05) is 6.07 Å². The number of imidazole rings is 1. The number of carbonyl (C=O) groups is 1. The van der Waals surface area contributed by atoms with Crippen LogP contribution in [0.3, 0.4) is 0 Å². The first-order chi connectivity index (χ1) is 17.7. The number of aryl methyl sites for hydroxylation is 1. The van der Waals surface area contributed by atoms with Gasteiger partial charge in [-0.05, 0) is 35.4 Å². The van der Waals surface area contributed by atoms with Crippen LogP contribution in [-0.4, -0.2) is 35.7 Å². The maximum absolute atomic E-state index is 13.3. The van der Waals surface area contributed by atoms with Crippen LogP contribution in [0.25, 0.3) is 22.6 Å². The number of amides is 1. The molecule has 0 spiro atoms. The van der Waals surface area contributed by atoms with Crippen molar-refractivity contribution in [1.29, 1.82) is 0 Å². The van der Waals surface area contributed by atoms with Crippen LogP contribution >= 0.6 is 0 Å². The number of ether oxygens (including phenoxy) is 1. The number of hydrogen-bond acceptors (Lipinski definition) is 9. The smallest absolute Gasteiger partial charge is 0.417 e. The van der Waals surface area contributed by atoms with Crippen molar-refractivity contribution in [3.05, 3.63) is 66.1 Å². The molecule has 0 saturated carbocycles. The first kappa shape index (κ1) is 23.7. The highest BCUT2D eigenvalue weighted by molar-refractivity contribution is 6.05. The zero-order valence-corrected chi connectivity index (χ0v) is 19.0. The van der Waals surface area contributed by atoms with Crippen molar-refractivity contribution >= 4 is 28.4 Å². The number of nitrogens with two attached hydrogens (primary N) is 1. The normalized spacial score (nSPS) is 11.6. The molecule has 0 saturated heterocycles. The van der Waals surface area contributed by atoms with Crippen LogP contribution in [0.15, 0.2) is 59.6 Å². The number of aromatic nitrogens is 6. The third-order valence-electron chi connectivity index (χ3n) is 5.34. The molecule has 188 valence electrons. The quantitative estimate of drug-likeness (QED) is 0.336. The van der Waals surface area contributed by atoms with Gasteiger partial charge in [0.25, 0.3) is 5.91 Å². The first-order valence-electron chi connectivity index (χ1n) is 10.8. The molecule has 0 aliphatic rings. The summed E-state index contributed by atoms with van der Waals surface area (Å²) in [5.41, 5.74) is 5.90. The highest BCUT2D eigenvalue weighted by atomic mass is 19.4. The average molecular weight is 510 g/mol. The van der Waals surface area contributed by atoms with Crippen molar-refractivity contribution in [3.8, 4) is 23.1 Å². The Morgan fingerprint density at radius 2 is 2.03 bits per heavy atom. The summed E-state index contributed by atoms with van der Waals surface area (Å²) in [6.07, 6.45) is -1.35. The molecular formula is C23H17F3N8O3. The Balaban J connectivity index is 1.40. The largest absolute Gasteiger partial charge is 0.439 e. The highest BCUT2D eigenvalue weighted by Gasteiger charge is 2.35. The first-order valence-corrected chi connectivity index (χ1v) is 10.8. The molecule has 4 aromatic heterocycles. The minimum absolute atomic E-state index is 0.0990. The molecule has 0 bridgehead atoms. The van der Waals surface area contributed by atoms with E-state index in [9.17, 15) is 18.0 Å². The van der Waals surface area contributed by atoms with Crippen molar-refractivity contribution in [2.24, 2.45) is 0 Å². The van der Waals surface area contributed by atoms with Gasteiger partial charge in [0, 0.05) is 36.8 Å². The second-order valence-corrected chi connectivity index (χ2v) is 7.69. The molecule has 4 heterocycles. The molecule has 11 nitrogen and oxygen atoms in total. The van der Waals surface area contributed by atoms with Gasteiger partial charge in [0.1, 0.15) is 11.3 Å². The number of alkyl halides is 3. The van der Waals surface area contributed by atoms with Crippen LogP contribution in [0.2, 0.25) is 0 Å². The number of fused-ring (bicyclic) bond motifs is 1. The molecule has 5 aromatic rings. The Morgan fingerprint density at radius 1 is 1.19 bits per heavy atom. The maximum Gasteiger partial charge on any atom is 0.417 e. The van der Waals surface area contributed by atoms with E-state index >= 15 is 0 Å². The van der Waals surface area contributed by atoms with E-state index < -0.39 is 23.2 Å². The molecule has 0 fully saturated rings. The third kappa shape index (κ3) is 4.63. The van der Waals surface area contributed by atoms with Gasteiger partial charge < -0.3 is 20.4 Å². The van der Waals surface area contributed by atoms with Crippen molar-refractivity contribution in [2.75, 3.05) is 11.1 Å². The van der Waals surface area contributed by atoms with Gasteiger partial charge in [0.2, 0.25) is 5.88 Å². The Labute approximate surface area is 206 Å². The van der Waals surface area contributed by atoms with Gasteiger partial charge in [-0.25, -0.2) is 14.6 Å². The van der Waals surface area contributed by atoms with E-state index in [4.69, 9.17) is 10.5 Å². The van der Waals surface area contributed by atoms with Crippen LogP contribution in [0, 0.1) is 0 Å². The van der Waals surface area contributed by atoms with Crippen LogP contribution in [0.5, 0.6) is 11.6 Å². The van der Waals surface area contributed by atoms with Crippen molar-refractivity contribution in [3.63, 3.8) is 0 Å². The molecule has 0 unspecified atom stereocenters. The number of rotatable bonds is 6. The monoisotopic (exact) mass is 510 g/mol. The number of nitrogens with one attached hydrogen (secondary N) is 1. The van der Waals surface area contributed by atoms with Crippen LogP contribution in [0.1, 0.15) is 22.8 Å². The maximum atomic E-state index is 13.3. The Morgan fingerprint density at radius 3 is 2.76 bits per heavy atom. The highest BCUT2D eigenvalue weighted by Crippen LogP contribution is 2.33. The van der Waals surface area contributed by atoms with Gasteiger partial charge in [-0.15, -0.1) is 0 Å². The van der Waals surface area contributed by atoms with Crippen molar-refractivity contribution < 1.29 is 27.3 Å². The number of nitrogen functional groups attached to an aromatic ring is 1. The predicted octanol–water partition coefficient (Wildman–Crippen LogP) is 4.54. The van der Waals surface area contributed by atoms with E-state index in [1.807, 2.05) is 11.5 Å². The molecule has 1 aromatic carbocycles. The van der Waals surface area contributed by atoms with Gasteiger partial charge in [-0.2, -0.15) is 13.2 Å². The minimum atomic E-state index is -4.70. The number of anilines is 2. The van der Waals surface area contributed by atoms with Gasteiger partial charge >= 0.3 is 6.18 Å². The summed E-state index contributed by atoms with van der Waals surface area (Å²) >= 11 is 0. The summed E-state index contributed by atoms with van der Waals surface area (Å²) in [6, 6.07) is 8.56. The number of halogens is 3. The molecule has 0 aliphatic carbocycles. The molecule has 3 N–H and O–H groups in total. The lowest BCUT2D eigenvalue weighted by Crippen LogP contribution is -2.19. The Kier molecular flexibility index (Phi) is 5.91. The summed E-state index contributed by atoms with van der Waals surface area (Å²) in [6.45, 7) is 2.44. The molecule has 37 heavy (non-hydrogen) atoms. The summed E-state index contributed by atoms with van der Waals surface area (Å²) in [4.78, 5) is 25.0. The summed E-state index contributed by atoms with van der Waals surface area (Å²) in [5, 5.41) is 9.83. The zero-order chi connectivity index (χ0) is 26.2. The van der Waals surface area contributed by atoms with E-state index in [0.717, 1.165) is 18.5 Å². The van der Waals surface area contributed by atoms with E-state index in [1.165, 1.54) is 18.3 Å². The second kappa shape index (κ2) is 9.22. The second-order valence-electron chi connectivity index (χ2n) is 7.69. The van der Waals surface area contributed by atoms with Gasteiger partial charge in [0.15, 0.2) is 17.3 Å². The minimum Gasteiger partial charge on any atom is -0.439 e. The van der Waals surface area contributed by atoms with E-state index in [2.05, 4.69) is 35.2 Å². The molecule has 0 radical (unpaired) electrons. The van der Waals surface area contributed by atoms with E-state index in [1.54, 1.807) is 18.2 Å². The topological polar surface area (TPSA) is 147 Å². The van der Waals surface area contributed by atoms with Crippen molar-refractivity contribution in [1.82, 2.24) is 29.8 Å². The summed E-state index contributed by atoms with van der Waals surface area (Å²) < 4.78 is 52.1. The lowest BCUT2D eigenvalue weighted by atomic mass is 10.1. The fourth-order valence-electron chi connectivity index (χ4n) is 3.70. The van der Waals surface area contributed by atoms with Gasteiger partial charge in [-0.3, -0.25) is 9.78 Å². The fourth-order valence-corrected chi connectivity index (χ4v) is 3.70. The Bertz CT molecular complexity index is 1610. The van der Waals surface area contributed by atoms with E-state index in [0.29, 0.717) is 34.8 Å². The number of pyridine rings is 2. The molecule has 0 atom stereocenters. The number of hydrogen-bond donors (Lipinski definition) is 2. The SMILES string of the molecule is CCn1c(-c2nonc2N)nc2cnc(Oc3cccc(NC(=O)c4cnccc4C(F)(F)F)c3)cc21. The molecule has 1 amide bonds. The number of benzene rings is 1. The number of carbonyl (C=O) groups excluding carboxylic acids is 1. The van der Waals surface area contributed by atoms with Crippen LogP contribution in [0.4, 0.5) is 24.7 Å². The average Bonchev–Trinajstić information content (AvgIpc) is 3.46. The van der Waals surface area contributed by atoms with Crippen LogP contribution in [-0.2, 0) is 12.7 Å². The zero-order valence-electron chi connectivity index (χ0n) is 19.0. The van der Waals surface area contributed by atoms with E-state index in [-0.39, 0.29) is 17.4 Å². The Hall–Kier alpha value is -5.01. The lowest BCUT2D eigenvalue weighted by molar-refractivity contribution is -0.138. The number of nitrogens with zero attached hydrogens (tertiary/aromatic N) is 6. The van der Waals surface area contributed by atoms with Crippen molar-refractivity contribution in [2.45, 2.75) is 19.6 Å². The molecular weight excluding hydrogens is 493 g/mol. The molecule has 14 heteroatoms. The summed E-state index contributed by atoms with van der Waals surface area (Å²) in [5.74, 6) is 0.100. The van der Waals surface area contributed by atoms with Crippen LogP contribution < -0.4 is 15.8 Å². The lowest BCUT2D eigenvalue weighted by Gasteiger charge is -2.13. The fraction of sp³-hybridized carbons (Fsp3) is 0.130. The predicted molar refractivity (Wildman–Crippen MR) is 125 cm³/mol.